The molecule has 0 saturated carbocycles. The molecule has 0 fully saturated rings. The van der Waals surface area contributed by atoms with E-state index < -0.39 is 5.97 Å². The molecule has 3 aromatic rings. The van der Waals surface area contributed by atoms with Crippen LogP contribution < -0.4 is 15.0 Å². The number of aromatic nitrogens is 1. The molecule has 8 heteroatoms. The molecule has 2 amide bonds. The zero-order valence-electron chi connectivity index (χ0n) is 20.7. The topological polar surface area (TPSA) is 101 Å². The first-order valence-corrected chi connectivity index (χ1v) is 11.8. The summed E-state index contributed by atoms with van der Waals surface area (Å²) in [6.07, 6.45) is 3.54. The highest BCUT2D eigenvalue weighted by molar-refractivity contribution is 6.00. The number of benzene rings is 2. The van der Waals surface area contributed by atoms with Gasteiger partial charge in [0.1, 0.15) is 11.6 Å². The summed E-state index contributed by atoms with van der Waals surface area (Å²) in [5.41, 5.74) is 2.86. The second-order valence-electron chi connectivity index (χ2n) is 7.97. The maximum Gasteiger partial charge on any atom is 0.371 e. The molecule has 0 saturated heterocycles. The normalized spacial score (nSPS) is 11.0. The number of aliphatic carboxylic acids is 1. The van der Waals surface area contributed by atoms with E-state index in [1.165, 1.54) is 11.0 Å². The number of rotatable bonds is 11. The minimum absolute atomic E-state index is 0.114. The number of hydrogen-bond acceptors (Lipinski definition) is 5. The Kier molecular flexibility index (Phi) is 9.45. The first kappa shape index (κ1) is 26.3. The average Bonchev–Trinajstić information content (AvgIpc) is 2.89. The number of ether oxygens (including phenoxy) is 2. The highest BCUT2D eigenvalue weighted by Gasteiger charge is 2.14. The zero-order chi connectivity index (χ0) is 25.9. The van der Waals surface area contributed by atoms with Gasteiger partial charge in [-0.15, -0.1) is 0 Å². The number of unbranched alkanes of at least 4 members (excludes halogenated alkanes) is 1. The van der Waals surface area contributed by atoms with Crippen LogP contribution in [0.15, 0.2) is 72.5 Å². The second-order valence-corrected chi connectivity index (χ2v) is 7.97. The van der Waals surface area contributed by atoms with Crippen molar-refractivity contribution in [3.8, 4) is 17.0 Å². The molecule has 8 nitrogen and oxygen atoms in total. The van der Waals surface area contributed by atoms with Gasteiger partial charge < -0.3 is 19.9 Å². The molecule has 1 heterocycles. The highest BCUT2D eigenvalue weighted by Crippen LogP contribution is 2.23. The number of carbonyl (C=O) groups is 2. The molecule has 2 aromatic carbocycles. The molecule has 0 spiro atoms. The van der Waals surface area contributed by atoms with Crippen LogP contribution in [0.4, 0.5) is 16.3 Å². The number of amides is 2. The minimum atomic E-state index is -1.12. The second kappa shape index (κ2) is 12.9. The maximum absolute atomic E-state index is 12.8. The first-order valence-electron chi connectivity index (χ1n) is 11.8. The first-order chi connectivity index (χ1) is 17.4. The van der Waals surface area contributed by atoms with Gasteiger partial charge in [0.2, 0.25) is 5.76 Å². The van der Waals surface area contributed by atoms with Crippen molar-refractivity contribution < 1.29 is 24.2 Å². The van der Waals surface area contributed by atoms with E-state index in [9.17, 15) is 14.7 Å². The van der Waals surface area contributed by atoms with Crippen LogP contribution in [0.2, 0.25) is 0 Å². The largest absolute Gasteiger partial charge is 0.494 e. The Balaban J connectivity index is 1.68. The standard InChI is InChI=1S/C28H31N3O5/c1-4-6-18-36-23-16-14-22(15-17-23)29-28(34)31(3)26-9-7-8-24(30-26)21-12-10-20(11-13-21)19-25(27(32)33)35-5-2/h7-17,19H,4-6,18H2,1-3H3,(H,29,34)(H,32,33)/b25-19-. The van der Waals surface area contributed by atoms with Gasteiger partial charge in [0.15, 0.2) is 0 Å². The number of pyridine rings is 1. The number of hydrogen-bond donors (Lipinski definition) is 2. The van der Waals surface area contributed by atoms with E-state index in [4.69, 9.17) is 9.47 Å². The average molecular weight is 490 g/mol. The van der Waals surface area contributed by atoms with Crippen LogP contribution in [0.1, 0.15) is 32.3 Å². The van der Waals surface area contributed by atoms with E-state index in [2.05, 4.69) is 17.2 Å². The van der Waals surface area contributed by atoms with Crippen molar-refractivity contribution in [1.82, 2.24) is 4.98 Å². The van der Waals surface area contributed by atoms with E-state index in [1.54, 1.807) is 44.3 Å². The lowest BCUT2D eigenvalue weighted by Gasteiger charge is -2.18. The van der Waals surface area contributed by atoms with Crippen molar-refractivity contribution in [2.24, 2.45) is 0 Å². The van der Waals surface area contributed by atoms with Crippen molar-refractivity contribution >= 4 is 29.6 Å². The molecule has 0 atom stereocenters. The lowest BCUT2D eigenvalue weighted by Crippen LogP contribution is -2.31. The van der Waals surface area contributed by atoms with Gasteiger partial charge >= 0.3 is 12.0 Å². The summed E-state index contributed by atoms with van der Waals surface area (Å²) in [5, 5.41) is 12.1. The number of carboxylic acids is 1. The summed E-state index contributed by atoms with van der Waals surface area (Å²) in [5.74, 6) is 0.0188. The number of nitrogens with zero attached hydrogens (tertiary/aromatic N) is 2. The summed E-state index contributed by atoms with van der Waals surface area (Å²) >= 11 is 0. The van der Waals surface area contributed by atoms with Crippen LogP contribution >= 0.6 is 0 Å². The van der Waals surface area contributed by atoms with Crippen molar-refractivity contribution in [3.63, 3.8) is 0 Å². The Morgan fingerprint density at radius 3 is 2.39 bits per heavy atom. The van der Waals surface area contributed by atoms with E-state index in [1.807, 2.05) is 36.4 Å². The summed E-state index contributed by atoms with van der Waals surface area (Å²) < 4.78 is 10.8. The van der Waals surface area contributed by atoms with Gasteiger partial charge in [-0.05, 0) is 61.4 Å². The molecule has 1 aromatic heterocycles. The molecule has 0 unspecified atom stereocenters. The minimum Gasteiger partial charge on any atom is -0.494 e. The number of carbonyl (C=O) groups excluding carboxylic acids is 1. The summed E-state index contributed by atoms with van der Waals surface area (Å²) in [7, 11) is 1.65. The van der Waals surface area contributed by atoms with Gasteiger partial charge in [0.25, 0.3) is 0 Å². The number of urea groups is 1. The Labute approximate surface area is 211 Å². The summed E-state index contributed by atoms with van der Waals surface area (Å²) in [6, 6.07) is 19.6. The SMILES string of the molecule is CCCCOc1ccc(NC(=O)N(C)c2cccc(-c3ccc(/C=C(\OCC)C(=O)O)cc3)n2)cc1. The number of anilines is 2. The van der Waals surface area contributed by atoms with E-state index in [0.29, 0.717) is 29.4 Å². The van der Waals surface area contributed by atoms with E-state index >= 15 is 0 Å². The fraction of sp³-hybridized carbons (Fsp3) is 0.250. The number of nitrogens with one attached hydrogen (secondary N) is 1. The Bertz CT molecular complexity index is 1190. The summed E-state index contributed by atoms with van der Waals surface area (Å²) in [6.45, 7) is 4.78. The third kappa shape index (κ3) is 7.33. The van der Waals surface area contributed by atoms with E-state index in [0.717, 1.165) is 24.2 Å². The lowest BCUT2D eigenvalue weighted by atomic mass is 10.1. The molecule has 2 N–H and O–H groups in total. The van der Waals surface area contributed by atoms with Crippen LogP contribution in [0.3, 0.4) is 0 Å². The van der Waals surface area contributed by atoms with Gasteiger partial charge in [-0.2, -0.15) is 0 Å². The van der Waals surface area contributed by atoms with Gasteiger partial charge in [0, 0.05) is 18.3 Å². The molecule has 188 valence electrons. The molecule has 0 aliphatic heterocycles. The molecule has 0 aliphatic carbocycles. The van der Waals surface area contributed by atoms with Crippen LogP contribution in [0.25, 0.3) is 17.3 Å². The molecule has 0 aliphatic rings. The smallest absolute Gasteiger partial charge is 0.371 e. The van der Waals surface area contributed by atoms with Crippen molar-refractivity contribution in [2.45, 2.75) is 26.7 Å². The third-order valence-electron chi connectivity index (χ3n) is 5.27. The highest BCUT2D eigenvalue weighted by atomic mass is 16.5. The third-order valence-corrected chi connectivity index (χ3v) is 5.27. The molecule has 0 radical (unpaired) electrons. The fourth-order valence-electron chi connectivity index (χ4n) is 3.27. The fourth-order valence-corrected chi connectivity index (χ4v) is 3.27. The summed E-state index contributed by atoms with van der Waals surface area (Å²) in [4.78, 5) is 30.1. The van der Waals surface area contributed by atoms with Crippen molar-refractivity contribution in [3.05, 3.63) is 78.1 Å². The zero-order valence-corrected chi connectivity index (χ0v) is 20.7. The molecular formula is C28H31N3O5. The van der Waals surface area contributed by atoms with Crippen molar-refractivity contribution in [2.75, 3.05) is 30.5 Å². The van der Waals surface area contributed by atoms with Crippen LogP contribution in [-0.2, 0) is 9.53 Å². The van der Waals surface area contributed by atoms with Gasteiger partial charge in [0.05, 0.1) is 18.9 Å². The number of carboxylic acid groups (broad SMARTS) is 1. The van der Waals surface area contributed by atoms with Crippen LogP contribution in [-0.4, -0.2) is 42.4 Å². The van der Waals surface area contributed by atoms with Gasteiger partial charge in [-0.3, -0.25) is 4.90 Å². The van der Waals surface area contributed by atoms with E-state index in [-0.39, 0.29) is 18.4 Å². The predicted octanol–water partition coefficient (Wildman–Crippen LogP) is 6.06. The lowest BCUT2D eigenvalue weighted by molar-refractivity contribution is -0.136. The Morgan fingerprint density at radius 2 is 1.75 bits per heavy atom. The van der Waals surface area contributed by atoms with Crippen LogP contribution in [0, 0.1) is 0 Å². The monoisotopic (exact) mass is 489 g/mol. The molecule has 0 bridgehead atoms. The Hall–Kier alpha value is -4.33. The molecule has 3 rings (SSSR count). The van der Waals surface area contributed by atoms with Gasteiger partial charge in [-0.1, -0.05) is 43.7 Å². The van der Waals surface area contributed by atoms with Crippen molar-refractivity contribution in [1.29, 1.82) is 0 Å². The molecular weight excluding hydrogens is 458 g/mol. The maximum atomic E-state index is 12.8. The van der Waals surface area contributed by atoms with Crippen LogP contribution in [0.5, 0.6) is 5.75 Å². The Morgan fingerprint density at radius 1 is 1.03 bits per heavy atom. The quantitative estimate of drug-likeness (QED) is 0.193. The van der Waals surface area contributed by atoms with Gasteiger partial charge in [-0.25, -0.2) is 14.6 Å². The predicted molar refractivity (Wildman–Crippen MR) is 141 cm³/mol. The molecule has 36 heavy (non-hydrogen) atoms.